The molecule has 0 radical (unpaired) electrons. The first-order valence-corrected chi connectivity index (χ1v) is 8.60. The highest BCUT2D eigenvalue weighted by atomic mass is 19.1. The maximum atomic E-state index is 13.5. The molecule has 0 fully saturated rings. The molecule has 0 aliphatic carbocycles. The van der Waals surface area contributed by atoms with Crippen molar-refractivity contribution in [3.8, 4) is 11.3 Å². The van der Waals surface area contributed by atoms with Gasteiger partial charge in [-0.05, 0) is 31.2 Å². The zero-order valence-corrected chi connectivity index (χ0v) is 15.6. The highest BCUT2D eigenvalue weighted by Gasteiger charge is 2.17. The summed E-state index contributed by atoms with van der Waals surface area (Å²) in [4.78, 5) is 34.1. The molecule has 1 aromatic heterocycles. The number of para-hydroxylation sites is 1. The average molecular weight is 410 g/mol. The van der Waals surface area contributed by atoms with E-state index in [9.17, 15) is 24.1 Å². The van der Waals surface area contributed by atoms with Crippen LogP contribution >= 0.6 is 0 Å². The summed E-state index contributed by atoms with van der Waals surface area (Å²) in [5, 5.41) is 16.8. The molecule has 0 aliphatic rings. The Morgan fingerprint density at radius 2 is 1.87 bits per heavy atom. The highest BCUT2D eigenvalue weighted by Crippen LogP contribution is 2.30. The second kappa shape index (κ2) is 8.78. The van der Waals surface area contributed by atoms with E-state index in [4.69, 9.17) is 4.42 Å². The third kappa shape index (κ3) is 4.55. The quantitative estimate of drug-likeness (QED) is 0.288. The monoisotopic (exact) mass is 410 g/mol. The van der Waals surface area contributed by atoms with Crippen molar-refractivity contribution < 1.29 is 23.3 Å². The number of carbonyl (C=O) groups excluding carboxylic acids is 2. The maximum absolute atomic E-state index is 13.5. The summed E-state index contributed by atoms with van der Waals surface area (Å²) in [6, 6.07) is 13.2. The Hall–Kier alpha value is -4.34. The lowest BCUT2D eigenvalue weighted by atomic mass is 10.1. The predicted molar refractivity (Wildman–Crippen MR) is 106 cm³/mol. The number of nitrogens with one attached hydrogen (secondary N) is 2. The lowest BCUT2D eigenvalue weighted by Crippen LogP contribution is -2.32. The van der Waals surface area contributed by atoms with Crippen LogP contribution in [0.25, 0.3) is 11.3 Å². The third-order valence-corrected chi connectivity index (χ3v) is 4.08. The molecular weight excluding hydrogens is 395 g/mol. The minimum Gasteiger partial charge on any atom is -0.455 e. The smallest absolute Gasteiger partial charge is 0.329 e. The Balaban J connectivity index is 1.64. The number of hydrogen-bond acceptors (Lipinski definition) is 6. The summed E-state index contributed by atoms with van der Waals surface area (Å²) >= 11 is 0. The van der Waals surface area contributed by atoms with Gasteiger partial charge in [-0.3, -0.25) is 19.7 Å². The number of anilines is 1. The molecule has 10 heteroatoms. The Morgan fingerprint density at radius 1 is 1.10 bits per heavy atom. The van der Waals surface area contributed by atoms with E-state index in [2.05, 4.69) is 10.4 Å². The summed E-state index contributed by atoms with van der Waals surface area (Å²) < 4.78 is 19.1. The van der Waals surface area contributed by atoms with Crippen molar-refractivity contribution in [2.45, 2.75) is 6.92 Å². The van der Waals surface area contributed by atoms with Gasteiger partial charge in [0, 0.05) is 17.2 Å². The first kappa shape index (κ1) is 20.4. The fourth-order valence-electron chi connectivity index (χ4n) is 2.60. The summed E-state index contributed by atoms with van der Waals surface area (Å²) in [6.07, 6.45) is 1.16. The largest absolute Gasteiger partial charge is 0.455 e. The van der Waals surface area contributed by atoms with E-state index in [-0.39, 0.29) is 17.1 Å². The molecule has 2 N–H and O–H groups in total. The summed E-state index contributed by atoms with van der Waals surface area (Å²) in [7, 11) is 0. The van der Waals surface area contributed by atoms with Crippen molar-refractivity contribution in [3.63, 3.8) is 0 Å². The van der Waals surface area contributed by atoms with E-state index < -0.39 is 22.6 Å². The third-order valence-electron chi connectivity index (χ3n) is 4.08. The van der Waals surface area contributed by atoms with E-state index in [0.717, 1.165) is 12.3 Å². The van der Waals surface area contributed by atoms with Crippen LogP contribution in [0.4, 0.5) is 15.8 Å². The molecule has 0 spiro atoms. The van der Waals surface area contributed by atoms with Crippen LogP contribution in [0.3, 0.4) is 0 Å². The molecule has 0 saturated heterocycles. The van der Waals surface area contributed by atoms with Gasteiger partial charge < -0.3 is 9.73 Å². The van der Waals surface area contributed by atoms with Crippen molar-refractivity contribution in [3.05, 3.63) is 81.9 Å². The van der Waals surface area contributed by atoms with Crippen LogP contribution in [0, 0.1) is 22.9 Å². The number of carbonyl (C=O) groups is 2. The molecule has 9 nitrogen and oxygen atoms in total. The molecule has 2 amide bonds. The van der Waals surface area contributed by atoms with Gasteiger partial charge in [-0.2, -0.15) is 5.10 Å². The Morgan fingerprint density at radius 3 is 2.60 bits per heavy atom. The first-order valence-electron chi connectivity index (χ1n) is 8.60. The van der Waals surface area contributed by atoms with Crippen LogP contribution in [0.2, 0.25) is 0 Å². The predicted octanol–water partition coefficient (Wildman–Crippen LogP) is 3.39. The second-order valence-electron chi connectivity index (χ2n) is 6.04. The zero-order chi connectivity index (χ0) is 21.7. The SMILES string of the molecule is Cc1c(-c2ccc(C=NNC(=O)C(=O)Nc3ccccc3F)o2)cccc1[N+](=O)[O-]. The van der Waals surface area contributed by atoms with E-state index >= 15 is 0 Å². The molecule has 3 rings (SSSR count). The number of nitro groups is 1. The molecule has 3 aromatic rings. The van der Waals surface area contributed by atoms with Crippen LogP contribution < -0.4 is 10.7 Å². The van der Waals surface area contributed by atoms with Gasteiger partial charge in [-0.25, -0.2) is 9.82 Å². The maximum Gasteiger partial charge on any atom is 0.329 e. The number of furan rings is 1. The Bertz CT molecular complexity index is 1160. The number of nitro benzene ring substituents is 1. The topological polar surface area (TPSA) is 127 Å². The fourth-order valence-corrected chi connectivity index (χ4v) is 2.60. The van der Waals surface area contributed by atoms with Crippen LogP contribution in [-0.4, -0.2) is 23.0 Å². The van der Waals surface area contributed by atoms with Crippen molar-refractivity contribution in [1.82, 2.24) is 5.43 Å². The molecule has 0 unspecified atom stereocenters. The first-order chi connectivity index (χ1) is 14.4. The van der Waals surface area contributed by atoms with E-state index in [0.29, 0.717) is 16.9 Å². The van der Waals surface area contributed by atoms with Crippen LogP contribution in [0.15, 0.2) is 64.1 Å². The normalized spacial score (nSPS) is 10.7. The number of nitrogens with zero attached hydrogens (tertiary/aromatic N) is 2. The van der Waals surface area contributed by atoms with Gasteiger partial charge in [-0.1, -0.05) is 24.3 Å². The number of amides is 2. The van der Waals surface area contributed by atoms with E-state index in [1.807, 2.05) is 5.43 Å². The van der Waals surface area contributed by atoms with Crippen molar-refractivity contribution in [2.75, 3.05) is 5.32 Å². The molecular formula is C20H15FN4O5. The van der Waals surface area contributed by atoms with Gasteiger partial charge in [0.05, 0.1) is 16.8 Å². The zero-order valence-electron chi connectivity index (χ0n) is 15.6. The Kier molecular flexibility index (Phi) is 5.97. The molecule has 2 aromatic carbocycles. The number of rotatable bonds is 5. The number of halogens is 1. The van der Waals surface area contributed by atoms with E-state index in [1.54, 1.807) is 31.2 Å². The van der Waals surface area contributed by atoms with Gasteiger partial charge in [0.2, 0.25) is 0 Å². The summed E-state index contributed by atoms with van der Waals surface area (Å²) in [5.74, 6) is -2.26. The number of hydrazone groups is 1. The van der Waals surface area contributed by atoms with Gasteiger partial charge >= 0.3 is 11.8 Å². The lowest BCUT2D eigenvalue weighted by molar-refractivity contribution is -0.385. The summed E-state index contributed by atoms with van der Waals surface area (Å²) in [5.41, 5.74) is 2.81. The van der Waals surface area contributed by atoms with Crippen molar-refractivity contribution >= 4 is 29.4 Å². The molecule has 1 heterocycles. The Labute approximate surface area is 169 Å². The molecule has 0 atom stereocenters. The average Bonchev–Trinajstić information content (AvgIpc) is 3.18. The molecule has 0 saturated carbocycles. The minimum atomic E-state index is -1.10. The number of benzene rings is 2. The van der Waals surface area contributed by atoms with Crippen LogP contribution in [-0.2, 0) is 9.59 Å². The standard InChI is InChI=1S/C20H15FN4O5/c1-12-14(5-4-8-17(12)25(28)29)18-10-9-13(30-18)11-22-24-20(27)19(26)23-16-7-3-2-6-15(16)21/h2-11H,1H3,(H,23,26)(H,24,27). The highest BCUT2D eigenvalue weighted by molar-refractivity contribution is 6.39. The van der Waals surface area contributed by atoms with Crippen LogP contribution in [0.5, 0.6) is 0 Å². The molecule has 0 bridgehead atoms. The van der Waals surface area contributed by atoms with Gasteiger partial charge in [0.15, 0.2) is 0 Å². The summed E-state index contributed by atoms with van der Waals surface area (Å²) in [6.45, 7) is 1.61. The van der Waals surface area contributed by atoms with Gasteiger partial charge in [-0.15, -0.1) is 0 Å². The second-order valence-corrected chi connectivity index (χ2v) is 6.04. The molecule has 30 heavy (non-hydrogen) atoms. The molecule has 0 aliphatic heterocycles. The number of hydrogen-bond donors (Lipinski definition) is 2. The van der Waals surface area contributed by atoms with Crippen molar-refractivity contribution in [1.29, 1.82) is 0 Å². The molecule has 152 valence electrons. The van der Waals surface area contributed by atoms with E-state index in [1.165, 1.54) is 24.3 Å². The fraction of sp³-hybridized carbons (Fsp3) is 0.0500. The van der Waals surface area contributed by atoms with Crippen LogP contribution in [0.1, 0.15) is 11.3 Å². The van der Waals surface area contributed by atoms with Gasteiger partial charge in [0.1, 0.15) is 17.3 Å². The lowest BCUT2D eigenvalue weighted by Gasteiger charge is -2.04. The minimum absolute atomic E-state index is 0.0350. The van der Waals surface area contributed by atoms with Gasteiger partial charge in [0.25, 0.3) is 5.69 Å². The van der Waals surface area contributed by atoms with Crippen molar-refractivity contribution in [2.24, 2.45) is 5.10 Å².